The molecule has 3 aromatic carbocycles. The van der Waals surface area contributed by atoms with E-state index in [1.54, 1.807) is 42.5 Å². The fourth-order valence-electron chi connectivity index (χ4n) is 2.98. The Hall–Kier alpha value is -2.54. The molecule has 0 saturated carbocycles. The summed E-state index contributed by atoms with van der Waals surface area (Å²) in [5.41, 5.74) is 3.03. The number of rotatable bonds is 5. The molecule has 0 spiro atoms. The van der Waals surface area contributed by atoms with Crippen molar-refractivity contribution in [2.45, 2.75) is 11.4 Å². The zero-order valence-corrected chi connectivity index (χ0v) is 15.1. The highest BCUT2D eigenvalue weighted by Gasteiger charge is 2.19. The van der Waals surface area contributed by atoms with Crippen LogP contribution in [0.25, 0.3) is 22.3 Å². The molecule has 0 aliphatic carbocycles. The normalized spacial score (nSPS) is 11.5. The number of sulfonamides is 1. The van der Waals surface area contributed by atoms with E-state index in [1.165, 1.54) is 12.1 Å². The molecule has 134 valence electrons. The second-order valence-corrected chi connectivity index (χ2v) is 7.46. The third kappa shape index (κ3) is 3.67. The summed E-state index contributed by atoms with van der Waals surface area (Å²) in [5, 5.41) is 8.46. The lowest BCUT2D eigenvalue weighted by atomic mass is 9.92. The Morgan fingerprint density at radius 3 is 2.19 bits per heavy atom. The van der Waals surface area contributed by atoms with Crippen molar-refractivity contribution < 1.29 is 12.8 Å². The minimum atomic E-state index is -3.93. The van der Waals surface area contributed by atoms with Gasteiger partial charge in [0.1, 0.15) is 5.82 Å². The van der Waals surface area contributed by atoms with Crippen molar-refractivity contribution in [1.82, 2.24) is 5.32 Å². The Kier molecular flexibility index (Phi) is 5.18. The van der Waals surface area contributed by atoms with Crippen LogP contribution in [0.15, 0.2) is 71.6 Å². The molecular weight excluding hydrogens is 351 g/mol. The van der Waals surface area contributed by atoms with Gasteiger partial charge in [-0.05, 0) is 41.9 Å². The van der Waals surface area contributed by atoms with Crippen molar-refractivity contribution in [2.24, 2.45) is 5.14 Å². The van der Waals surface area contributed by atoms with Crippen LogP contribution < -0.4 is 10.5 Å². The lowest BCUT2D eigenvalue weighted by Gasteiger charge is -2.15. The van der Waals surface area contributed by atoms with Gasteiger partial charge in [-0.15, -0.1) is 0 Å². The van der Waals surface area contributed by atoms with E-state index in [4.69, 9.17) is 5.14 Å². The predicted molar refractivity (Wildman–Crippen MR) is 101 cm³/mol. The average Bonchev–Trinajstić information content (AvgIpc) is 2.62. The van der Waals surface area contributed by atoms with E-state index in [1.807, 2.05) is 19.2 Å². The van der Waals surface area contributed by atoms with E-state index in [9.17, 15) is 12.8 Å². The summed E-state index contributed by atoms with van der Waals surface area (Å²) in [6, 6.07) is 18.5. The smallest absolute Gasteiger partial charge is 0.238 e. The molecule has 0 atom stereocenters. The summed E-state index contributed by atoms with van der Waals surface area (Å²) in [5.74, 6) is -0.372. The van der Waals surface area contributed by atoms with Gasteiger partial charge in [0.15, 0.2) is 0 Å². The summed E-state index contributed by atoms with van der Waals surface area (Å²) in [6.45, 7) is 0.599. The minimum absolute atomic E-state index is 0.0131. The first-order valence-electron chi connectivity index (χ1n) is 8.06. The molecular formula is C20H19FN2O2S. The van der Waals surface area contributed by atoms with Crippen LogP contribution in [-0.4, -0.2) is 15.5 Å². The molecule has 0 aromatic heterocycles. The van der Waals surface area contributed by atoms with Gasteiger partial charge in [0.05, 0.1) is 4.90 Å². The molecule has 0 fully saturated rings. The van der Waals surface area contributed by atoms with E-state index < -0.39 is 10.0 Å². The third-order valence-electron chi connectivity index (χ3n) is 4.11. The second-order valence-electron chi connectivity index (χ2n) is 5.93. The predicted octanol–water partition coefficient (Wildman–Crippen LogP) is 3.53. The van der Waals surface area contributed by atoms with Crippen molar-refractivity contribution in [3.63, 3.8) is 0 Å². The van der Waals surface area contributed by atoms with Gasteiger partial charge in [0.2, 0.25) is 10.0 Å². The van der Waals surface area contributed by atoms with Gasteiger partial charge in [-0.1, -0.05) is 48.5 Å². The quantitative estimate of drug-likeness (QED) is 0.722. The minimum Gasteiger partial charge on any atom is -0.316 e. The largest absolute Gasteiger partial charge is 0.316 e. The molecule has 0 radical (unpaired) electrons. The van der Waals surface area contributed by atoms with Crippen LogP contribution in [0, 0.1) is 5.82 Å². The van der Waals surface area contributed by atoms with Gasteiger partial charge in [0, 0.05) is 17.7 Å². The van der Waals surface area contributed by atoms with Crippen LogP contribution in [0.2, 0.25) is 0 Å². The maximum absolute atomic E-state index is 14.4. The Morgan fingerprint density at radius 2 is 1.54 bits per heavy atom. The number of hydrogen-bond donors (Lipinski definition) is 2. The number of benzene rings is 3. The molecule has 6 heteroatoms. The van der Waals surface area contributed by atoms with E-state index in [2.05, 4.69) is 5.32 Å². The van der Waals surface area contributed by atoms with Crippen molar-refractivity contribution in [3.8, 4) is 22.3 Å². The zero-order chi connectivity index (χ0) is 18.7. The Balaban J connectivity index is 2.33. The maximum atomic E-state index is 14.4. The summed E-state index contributed by atoms with van der Waals surface area (Å²) in [4.78, 5) is 0.0131. The first-order valence-corrected chi connectivity index (χ1v) is 9.61. The monoisotopic (exact) mass is 370 g/mol. The molecule has 3 aromatic rings. The summed E-state index contributed by atoms with van der Waals surface area (Å²) < 4.78 is 38.5. The lowest BCUT2D eigenvalue weighted by molar-refractivity contribution is 0.598. The molecule has 0 aliphatic heterocycles. The second kappa shape index (κ2) is 7.37. The Bertz CT molecular complexity index is 1050. The van der Waals surface area contributed by atoms with Crippen molar-refractivity contribution >= 4 is 10.0 Å². The molecule has 3 rings (SSSR count). The molecule has 4 nitrogen and oxygen atoms in total. The fraction of sp³-hybridized carbons (Fsp3) is 0.100. The third-order valence-corrected chi connectivity index (χ3v) is 5.08. The topological polar surface area (TPSA) is 72.2 Å². The molecule has 0 aliphatic rings. The summed E-state index contributed by atoms with van der Waals surface area (Å²) in [6.07, 6.45) is 0. The number of hydrogen-bond acceptors (Lipinski definition) is 3. The Morgan fingerprint density at radius 1 is 0.885 bits per heavy atom. The highest BCUT2D eigenvalue weighted by Crippen LogP contribution is 2.37. The van der Waals surface area contributed by atoms with E-state index in [0.29, 0.717) is 28.8 Å². The van der Waals surface area contributed by atoms with Crippen molar-refractivity contribution in [3.05, 3.63) is 78.1 Å². The van der Waals surface area contributed by atoms with Gasteiger partial charge in [0.25, 0.3) is 0 Å². The van der Waals surface area contributed by atoms with Crippen molar-refractivity contribution in [1.29, 1.82) is 0 Å². The van der Waals surface area contributed by atoms with Crippen LogP contribution in [-0.2, 0) is 16.6 Å². The first kappa shape index (κ1) is 18.3. The van der Waals surface area contributed by atoms with Crippen LogP contribution in [0.1, 0.15) is 5.56 Å². The van der Waals surface area contributed by atoms with Gasteiger partial charge in [-0.2, -0.15) is 0 Å². The van der Waals surface area contributed by atoms with Gasteiger partial charge >= 0.3 is 0 Å². The summed E-state index contributed by atoms with van der Waals surface area (Å²) in [7, 11) is -2.10. The molecule has 26 heavy (non-hydrogen) atoms. The van der Waals surface area contributed by atoms with Gasteiger partial charge < -0.3 is 5.32 Å². The highest BCUT2D eigenvalue weighted by atomic mass is 32.2. The van der Waals surface area contributed by atoms with Gasteiger partial charge in [-0.3, -0.25) is 0 Å². The van der Waals surface area contributed by atoms with E-state index in [-0.39, 0.29) is 10.7 Å². The number of primary sulfonamides is 1. The van der Waals surface area contributed by atoms with Crippen LogP contribution >= 0.6 is 0 Å². The first-order chi connectivity index (χ1) is 12.4. The van der Waals surface area contributed by atoms with E-state index in [0.717, 1.165) is 5.56 Å². The maximum Gasteiger partial charge on any atom is 0.238 e. The van der Waals surface area contributed by atoms with Crippen LogP contribution in [0.5, 0.6) is 0 Å². The molecule has 0 bridgehead atoms. The van der Waals surface area contributed by atoms with Crippen LogP contribution in [0.4, 0.5) is 4.39 Å². The lowest BCUT2D eigenvalue weighted by Crippen LogP contribution is -2.13. The summed E-state index contributed by atoms with van der Waals surface area (Å²) >= 11 is 0. The van der Waals surface area contributed by atoms with E-state index >= 15 is 0 Å². The molecule has 0 heterocycles. The SMILES string of the molecule is CNCc1ccc(-c2ccccc2F)c(-c2ccccc2S(N)(=O)=O)c1. The standard InChI is InChI=1S/C20H19FN2O2S/c1-23-13-14-10-11-15(16-6-2-4-8-19(16)21)18(12-14)17-7-3-5-9-20(17)26(22,24)25/h2-12,23H,13H2,1H3,(H2,22,24,25). The number of nitrogens with two attached hydrogens (primary N) is 1. The zero-order valence-electron chi connectivity index (χ0n) is 14.2. The highest BCUT2D eigenvalue weighted by molar-refractivity contribution is 7.89. The molecule has 0 unspecified atom stereocenters. The Labute approximate surface area is 152 Å². The number of halogens is 1. The van der Waals surface area contributed by atoms with Crippen LogP contribution in [0.3, 0.4) is 0 Å². The average molecular weight is 370 g/mol. The van der Waals surface area contributed by atoms with Crippen molar-refractivity contribution in [2.75, 3.05) is 7.05 Å². The van der Waals surface area contributed by atoms with Gasteiger partial charge in [-0.25, -0.2) is 17.9 Å². The fourth-order valence-corrected chi connectivity index (χ4v) is 3.73. The molecule has 0 saturated heterocycles. The molecule has 3 N–H and O–H groups in total. The molecule has 0 amide bonds. The number of nitrogens with one attached hydrogen (secondary N) is 1.